The van der Waals surface area contributed by atoms with Gasteiger partial charge in [0, 0.05) is 60.8 Å². The lowest BCUT2D eigenvalue weighted by Crippen LogP contribution is -2.35. The van der Waals surface area contributed by atoms with Crippen molar-refractivity contribution < 1.29 is 4.74 Å². The number of benzene rings is 1. The average Bonchev–Trinajstić information content (AvgIpc) is 3.42. The second-order valence-electron chi connectivity index (χ2n) is 8.32. The number of ether oxygens (including phenoxy) is 1. The van der Waals surface area contributed by atoms with Crippen LogP contribution in [0.1, 0.15) is 25.7 Å². The number of hydrogen-bond donors (Lipinski definition) is 1. The van der Waals surface area contributed by atoms with E-state index in [1.165, 1.54) is 19.3 Å². The monoisotopic (exact) mass is 416 g/mol. The van der Waals surface area contributed by atoms with Gasteiger partial charge in [-0.15, -0.1) is 0 Å². The number of rotatable bonds is 6. The Labute approximate surface area is 182 Å². The van der Waals surface area contributed by atoms with Gasteiger partial charge in [0.25, 0.3) is 0 Å². The molecule has 1 aliphatic heterocycles. The first-order valence-electron chi connectivity index (χ1n) is 10.9. The molecule has 1 N–H and O–H groups in total. The number of fused-ring (bicyclic) bond motifs is 1. The van der Waals surface area contributed by atoms with Crippen LogP contribution in [0.25, 0.3) is 33.2 Å². The quantitative estimate of drug-likeness (QED) is 0.515. The summed E-state index contributed by atoms with van der Waals surface area (Å²) in [5.41, 5.74) is 5.08. The van der Waals surface area contributed by atoms with Crippen LogP contribution in [0.3, 0.4) is 0 Å². The summed E-state index contributed by atoms with van der Waals surface area (Å²) in [7, 11) is 3.86. The van der Waals surface area contributed by atoms with Gasteiger partial charge in [-0.05, 0) is 43.5 Å². The molecule has 5 rings (SSSR count). The zero-order chi connectivity index (χ0) is 21.2. The van der Waals surface area contributed by atoms with Crippen LogP contribution in [0.5, 0.6) is 5.75 Å². The Morgan fingerprint density at radius 1 is 1.00 bits per heavy atom. The van der Waals surface area contributed by atoms with E-state index in [-0.39, 0.29) is 0 Å². The molecule has 160 valence electrons. The maximum Gasteiger partial charge on any atom is 0.138 e. The molecule has 0 spiro atoms. The van der Waals surface area contributed by atoms with E-state index in [0.29, 0.717) is 12.6 Å². The molecule has 0 amide bonds. The summed E-state index contributed by atoms with van der Waals surface area (Å²) in [6.07, 6.45) is 14.5. The molecule has 0 saturated carbocycles. The van der Waals surface area contributed by atoms with Crippen LogP contribution >= 0.6 is 0 Å². The van der Waals surface area contributed by atoms with E-state index in [9.17, 15) is 0 Å². The molecule has 1 fully saturated rings. The summed E-state index contributed by atoms with van der Waals surface area (Å²) in [6.45, 7) is 1.78. The maximum atomic E-state index is 6.48. The fraction of sp³-hybridized carbons (Fsp3) is 0.375. The molecule has 3 aromatic heterocycles. The SMILES string of the molecule is Cn1cc(-c2ccc3ncc(-c4cnn(C)c4)c(OCCC4CCCCN4)c3c2)cn1. The van der Waals surface area contributed by atoms with Gasteiger partial charge in [-0.2, -0.15) is 10.2 Å². The molecule has 1 aliphatic rings. The lowest BCUT2D eigenvalue weighted by atomic mass is 10.0. The minimum absolute atomic E-state index is 0.537. The average molecular weight is 417 g/mol. The van der Waals surface area contributed by atoms with Crippen molar-refractivity contribution >= 4 is 10.9 Å². The molecule has 0 aliphatic carbocycles. The molecule has 7 heteroatoms. The second kappa shape index (κ2) is 8.51. The fourth-order valence-electron chi connectivity index (χ4n) is 4.31. The molecule has 1 aromatic carbocycles. The van der Waals surface area contributed by atoms with E-state index in [1.54, 1.807) is 4.68 Å². The van der Waals surface area contributed by atoms with E-state index in [4.69, 9.17) is 9.72 Å². The van der Waals surface area contributed by atoms with E-state index in [1.807, 2.05) is 49.8 Å². The number of pyridine rings is 1. The van der Waals surface area contributed by atoms with Crippen molar-refractivity contribution in [1.82, 2.24) is 29.9 Å². The molecule has 1 unspecified atom stereocenters. The molecule has 31 heavy (non-hydrogen) atoms. The van der Waals surface area contributed by atoms with E-state index < -0.39 is 0 Å². The largest absolute Gasteiger partial charge is 0.492 e. The second-order valence-corrected chi connectivity index (χ2v) is 8.32. The van der Waals surface area contributed by atoms with E-state index in [2.05, 4.69) is 33.7 Å². The van der Waals surface area contributed by atoms with Gasteiger partial charge in [-0.25, -0.2) is 0 Å². The number of piperidine rings is 1. The Morgan fingerprint density at radius 2 is 1.81 bits per heavy atom. The standard InChI is InChI=1S/C24H28N6O/c1-29-15-18(12-27-29)17-6-7-23-21(11-17)24(31-10-8-20-5-3-4-9-25-20)22(14-26-23)19-13-28-30(2)16-19/h6-7,11-16,20,25H,3-5,8-10H2,1-2H3. The molecule has 0 radical (unpaired) electrons. The molecule has 1 saturated heterocycles. The normalized spacial score (nSPS) is 16.6. The number of aryl methyl sites for hydroxylation is 2. The summed E-state index contributed by atoms with van der Waals surface area (Å²) < 4.78 is 10.1. The van der Waals surface area contributed by atoms with E-state index in [0.717, 1.165) is 51.9 Å². The fourth-order valence-corrected chi connectivity index (χ4v) is 4.31. The first-order valence-corrected chi connectivity index (χ1v) is 10.9. The minimum atomic E-state index is 0.537. The summed E-state index contributed by atoms with van der Waals surface area (Å²) in [6, 6.07) is 6.84. The molecular formula is C24H28N6O. The molecule has 4 heterocycles. The number of hydrogen-bond acceptors (Lipinski definition) is 5. The first-order chi connectivity index (χ1) is 15.2. The molecule has 0 bridgehead atoms. The van der Waals surface area contributed by atoms with Crippen molar-refractivity contribution in [1.29, 1.82) is 0 Å². The molecule has 1 atom stereocenters. The summed E-state index contributed by atoms with van der Waals surface area (Å²) in [5, 5.41) is 13.3. The third-order valence-electron chi connectivity index (χ3n) is 6.00. The highest BCUT2D eigenvalue weighted by atomic mass is 16.5. The topological polar surface area (TPSA) is 69.8 Å². The van der Waals surface area contributed by atoms with Crippen molar-refractivity contribution in [2.45, 2.75) is 31.7 Å². The van der Waals surface area contributed by atoms with Crippen molar-refractivity contribution in [2.75, 3.05) is 13.2 Å². The van der Waals surface area contributed by atoms with Gasteiger partial charge in [0.05, 0.1) is 24.5 Å². The van der Waals surface area contributed by atoms with Crippen LogP contribution in [0.4, 0.5) is 0 Å². The minimum Gasteiger partial charge on any atom is -0.492 e. The van der Waals surface area contributed by atoms with Gasteiger partial charge in [0.15, 0.2) is 0 Å². The smallest absolute Gasteiger partial charge is 0.138 e. The lowest BCUT2D eigenvalue weighted by molar-refractivity contribution is 0.271. The van der Waals surface area contributed by atoms with Gasteiger partial charge < -0.3 is 10.1 Å². The van der Waals surface area contributed by atoms with Gasteiger partial charge in [0.2, 0.25) is 0 Å². The zero-order valence-corrected chi connectivity index (χ0v) is 18.1. The van der Waals surface area contributed by atoms with Crippen LogP contribution < -0.4 is 10.1 Å². The third kappa shape index (κ3) is 4.18. The van der Waals surface area contributed by atoms with Crippen LogP contribution in [0.2, 0.25) is 0 Å². The molecular weight excluding hydrogens is 388 g/mol. The maximum absolute atomic E-state index is 6.48. The number of nitrogens with one attached hydrogen (secondary N) is 1. The Bertz CT molecular complexity index is 1180. The van der Waals surface area contributed by atoms with E-state index >= 15 is 0 Å². The van der Waals surface area contributed by atoms with Crippen molar-refractivity contribution in [3.63, 3.8) is 0 Å². The number of nitrogens with zero attached hydrogens (tertiary/aromatic N) is 5. The van der Waals surface area contributed by atoms with Crippen molar-refractivity contribution in [3.05, 3.63) is 49.2 Å². The number of aromatic nitrogens is 5. The van der Waals surface area contributed by atoms with Crippen LogP contribution in [-0.4, -0.2) is 43.7 Å². The molecule has 7 nitrogen and oxygen atoms in total. The third-order valence-corrected chi connectivity index (χ3v) is 6.00. The lowest BCUT2D eigenvalue weighted by Gasteiger charge is -2.23. The predicted octanol–water partition coefficient (Wildman–Crippen LogP) is 3.95. The van der Waals surface area contributed by atoms with Crippen LogP contribution in [0.15, 0.2) is 49.2 Å². The summed E-state index contributed by atoms with van der Waals surface area (Å²) in [5.74, 6) is 0.875. The predicted molar refractivity (Wildman–Crippen MR) is 122 cm³/mol. The van der Waals surface area contributed by atoms with Gasteiger partial charge in [-0.1, -0.05) is 12.5 Å². The Balaban J connectivity index is 1.53. The zero-order valence-electron chi connectivity index (χ0n) is 18.1. The Morgan fingerprint density at radius 3 is 2.52 bits per heavy atom. The van der Waals surface area contributed by atoms with Crippen LogP contribution in [0, 0.1) is 0 Å². The van der Waals surface area contributed by atoms with Gasteiger partial charge >= 0.3 is 0 Å². The van der Waals surface area contributed by atoms with Gasteiger partial charge in [0.1, 0.15) is 5.75 Å². The first kappa shape index (κ1) is 19.8. The van der Waals surface area contributed by atoms with Gasteiger partial charge in [-0.3, -0.25) is 14.3 Å². The summed E-state index contributed by atoms with van der Waals surface area (Å²) in [4.78, 5) is 4.72. The summed E-state index contributed by atoms with van der Waals surface area (Å²) >= 11 is 0. The highest BCUT2D eigenvalue weighted by Gasteiger charge is 2.17. The van der Waals surface area contributed by atoms with Crippen molar-refractivity contribution in [2.24, 2.45) is 14.1 Å². The van der Waals surface area contributed by atoms with Crippen LogP contribution in [-0.2, 0) is 14.1 Å². The molecule has 4 aromatic rings. The highest BCUT2D eigenvalue weighted by molar-refractivity contribution is 5.94. The Kier molecular flexibility index (Phi) is 5.42. The van der Waals surface area contributed by atoms with Crippen molar-refractivity contribution in [3.8, 4) is 28.0 Å². The Hall–Kier alpha value is -3.19. The highest BCUT2D eigenvalue weighted by Crippen LogP contribution is 2.37.